The van der Waals surface area contributed by atoms with E-state index in [1.165, 1.54) is 19.3 Å². The first-order valence-electron chi connectivity index (χ1n) is 8.84. The van der Waals surface area contributed by atoms with Crippen LogP contribution in [0.2, 0.25) is 0 Å². The number of hydrogen-bond acceptors (Lipinski definition) is 2. The van der Waals surface area contributed by atoms with Crippen molar-refractivity contribution in [2.24, 2.45) is 0 Å². The number of benzene rings is 3. The van der Waals surface area contributed by atoms with Crippen LogP contribution in [-0.2, 0) is 11.0 Å². The zero-order valence-corrected chi connectivity index (χ0v) is 15.4. The van der Waals surface area contributed by atoms with Crippen LogP contribution in [0.25, 0.3) is 27.8 Å². The summed E-state index contributed by atoms with van der Waals surface area (Å²) in [5, 5.41) is 2.75. The van der Waals surface area contributed by atoms with Crippen molar-refractivity contribution in [1.82, 2.24) is 9.55 Å². The number of halogens is 3. The molecule has 4 rings (SSSR count). The fourth-order valence-corrected chi connectivity index (χ4v) is 3.21. The number of anilines is 1. The Hall–Kier alpha value is -3.61. The lowest BCUT2D eigenvalue weighted by molar-refractivity contribution is -0.137. The van der Waals surface area contributed by atoms with E-state index in [-0.39, 0.29) is 11.4 Å². The third-order valence-corrected chi connectivity index (χ3v) is 4.52. The molecular weight excluding hydrogens is 379 g/mol. The van der Waals surface area contributed by atoms with Crippen LogP contribution in [0.15, 0.2) is 73.1 Å². The van der Waals surface area contributed by atoms with Crippen LogP contribution in [0.1, 0.15) is 12.5 Å². The Kier molecular flexibility index (Phi) is 4.58. The molecule has 1 N–H and O–H groups in total. The van der Waals surface area contributed by atoms with E-state index in [2.05, 4.69) is 10.3 Å². The second-order valence-electron chi connectivity index (χ2n) is 6.63. The molecule has 0 bridgehead atoms. The van der Waals surface area contributed by atoms with Gasteiger partial charge in [-0.25, -0.2) is 4.98 Å². The first kappa shape index (κ1) is 18.7. The maximum absolute atomic E-state index is 12.9. The van der Waals surface area contributed by atoms with Gasteiger partial charge < -0.3 is 5.32 Å². The van der Waals surface area contributed by atoms with Crippen LogP contribution in [0.4, 0.5) is 18.9 Å². The number of hydrogen-bond donors (Lipinski definition) is 1. The Labute approximate surface area is 164 Å². The molecular formula is C22H16F3N3O. The highest BCUT2D eigenvalue weighted by molar-refractivity contribution is 5.89. The average molecular weight is 395 g/mol. The Balaban J connectivity index is 1.74. The largest absolute Gasteiger partial charge is 0.416 e. The Bertz CT molecular complexity index is 1210. The number of alkyl halides is 3. The Morgan fingerprint density at radius 3 is 2.41 bits per heavy atom. The number of rotatable bonds is 3. The van der Waals surface area contributed by atoms with Gasteiger partial charge in [-0.15, -0.1) is 0 Å². The van der Waals surface area contributed by atoms with Gasteiger partial charge in [-0.2, -0.15) is 13.2 Å². The SMILES string of the molecule is CC(=O)Nc1cccc(-c2cccc(-n3cnc4cc(C(F)(F)F)ccc43)c2)c1. The predicted molar refractivity (Wildman–Crippen MR) is 106 cm³/mol. The van der Waals surface area contributed by atoms with E-state index in [4.69, 9.17) is 0 Å². The molecule has 4 aromatic rings. The molecule has 0 fully saturated rings. The molecule has 3 aromatic carbocycles. The van der Waals surface area contributed by atoms with E-state index < -0.39 is 11.7 Å². The number of amides is 1. The van der Waals surface area contributed by atoms with Crippen molar-refractivity contribution >= 4 is 22.6 Å². The number of fused-ring (bicyclic) bond motifs is 1. The molecule has 1 amide bonds. The number of carbonyl (C=O) groups excluding carboxylic acids is 1. The van der Waals surface area contributed by atoms with Crippen molar-refractivity contribution in [3.8, 4) is 16.8 Å². The second-order valence-corrected chi connectivity index (χ2v) is 6.63. The zero-order chi connectivity index (χ0) is 20.6. The average Bonchev–Trinajstić information content (AvgIpc) is 3.10. The van der Waals surface area contributed by atoms with E-state index in [1.54, 1.807) is 10.6 Å². The van der Waals surface area contributed by atoms with Gasteiger partial charge in [0.1, 0.15) is 6.33 Å². The lowest BCUT2D eigenvalue weighted by Crippen LogP contribution is -2.05. The van der Waals surface area contributed by atoms with Gasteiger partial charge >= 0.3 is 6.18 Å². The molecule has 146 valence electrons. The molecule has 0 aliphatic rings. The summed E-state index contributed by atoms with van der Waals surface area (Å²) in [5.41, 5.74) is 3.41. The lowest BCUT2D eigenvalue weighted by atomic mass is 10.0. The third-order valence-electron chi connectivity index (χ3n) is 4.52. The molecule has 0 aliphatic heterocycles. The fraction of sp³-hybridized carbons (Fsp3) is 0.0909. The van der Waals surface area contributed by atoms with Crippen LogP contribution >= 0.6 is 0 Å². The molecule has 0 saturated heterocycles. The minimum absolute atomic E-state index is 0.154. The van der Waals surface area contributed by atoms with E-state index in [1.807, 2.05) is 42.5 Å². The summed E-state index contributed by atoms with van der Waals surface area (Å²) < 4.78 is 40.6. The zero-order valence-electron chi connectivity index (χ0n) is 15.4. The standard InChI is InChI=1S/C22H16F3N3O/c1-14(29)27-18-6-2-4-15(10-18)16-5-3-7-19(11-16)28-13-26-20-12-17(22(23,24)25)8-9-21(20)28/h2-13H,1H3,(H,27,29). The smallest absolute Gasteiger partial charge is 0.326 e. The number of carbonyl (C=O) groups is 1. The van der Waals surface area contributed by atoms with Crippen LogP contribution < -0.4 is 5.32 Å². The van der Waals surface area contributed by atoms with Crippen molar-refractivity contribution in [3.05, 3.63) is 78.6 Å². The Morgan fingerprint density at radius 1 is 0.966 bits per heavy atom. The quantitative estimate of drug-likeness (QED) is 0.486. The summed E-state index contributed by atoms with van der Waals surface area (Å²) in [7, 11) is 0. The molecule has 0 atom stereocenters. The lowest BCUT2D eigenvalue weighted by Gasteiger charge is -2.10. The third kappa shape index (κ3) is 3.85. The number of imidazole rings is 1. The highest BCUT2D eigenvalue weighted by Crippen LogP contribution is 2.32. The van der Waals surface area contributed by atoms with Crippen LogP contribution in [-0.4, -0.2) is 15.5 Å². The molecule has 0 unspecified atom stereocenters. The van der Waals surface area contributed by atoms with E-state index in [9.17, 15) is 18.0 Å². The van der Waals surface area contributed by atoms with Gasteiger partial charge in [0.25, 0.3) is 0 Å². The van der Waals surface area contributed by atoms with Gasteiger partial charge in [-0.05, 0) is 53.6 Å². The van der Waals surface area contributed by atoms with Crippen LogP contribution in [0.5, 0.6) is 0 Å². The molecule has 1 heterocycles. The summed E-state index contributed by atoms with van der Waals surface area (Å²) >= 11 is 0. The molecule has 0 radical (unpaired) electrons. The van der Waals surface area contributed by atoms with Crippen LogP contribution in [0.3, 0.4) is 0 Å². The summed E-state index contributed by atoms with van der Waals surface area (Å²) in [5.74, 6) is -0.154. The highest BCUT2D eigenvalue weighted by Gasteiger charge is 2.30. The highest BCUT2D eigenvalue weighted by atomic mass is 19.4. The summed E-state index contributed by atoms with van der Waals surface area (Å²) in [6.07, 6.45) is -2.89. The molecule has 1 aromatic heterocycles. The Morgan fingerprint density at radius 2 is 1.69 bits per heavy atom. The van der Waals surface area contributed by atoms with Gasteiger partial charge in [-0.3, -0.25) is 9.36 Å². The molecule has 0 saturated carbocycles. The first-order chi connectivity index (χ1) is 13.8. The molecule has 0 spiro atoms. The van der Waals surface area contributed by atoms with Crippen molar-refractivity contribution in [1.29, 1.82) is 0 Å². The van der Waals surface area contributed by atoms with Gasteiger partial charge in [-0.1, -0.05) is 24.3 Å². The minimum atomic E-state index is -4.41. The molecule has 4 nitrogen and oxygen atoms in total. The van der Waals surface area contributed by atoms with Gasteiger partial charge in [0.2, 0.25) is 5.91 Å². The monoisotopic (exact) mass is 395 g/mol. The van der Waals surface area contributed by atoms with Crippen molar-refractivity contribution in [2.75, 3.05) is 5.32 Å². The predicted octanol–water partition coefficient (Wildman–Crippen LogP) is 5.67. The van der Waals surface area contributed by atoms with E-state index >= 15 is 0 Å². The van der Waals surface area contributed by atoms with Crippen molar-refractivity contribution < 1.29 is 18.0 Å². The maximum Gasteiger partial charge on any atom is 0.416 e. The molecule has 7 heteroatoms. The molecule has 0 aliphatic carbocycles. The summed E-state index contributed by atoms with van der Waals surface area (Å²) in [6.45, 7) is 1.45. The van der Waals surface area contributed by atoms with E-state index in [0.29, 0.717) is 11.2 Å². The van der Waals surface area contributed by atoms with Crippen molar-refractivity contribution in [3.63, 3.8) is 0 Å². The minimum Gasteiger partial charge on any atom is -0.326 e. The van der Waals surface area contributed by atoms with Gasteiger partial charge in [0.15, 0.2) is 0 Å². The van der Waals surface area contributed by atoms with Crippen molar-refractivity contribution in [2.45, 2.75) is 13.1 Å². The second kappa shape index (κ2) is 7.09. The number of nitrogens with zero attached hydrogens (tertiary/aromatic N) is 2. The first-order valence-corrected chi connectivity index (χ1v) is 8.84. The summed E-state index contributed by atoms with van der Waals surface area (Å²) in [6, 6.07) is 18.5. The maximum atomic E-state index is 12.9. The number of nitrogens with one attached hydrogen (secondary N) is 1. The normalized spacial score (nSPS) is 11.6. The summed E-state index contributed by atoms with van der Waals surface area (Å²) in [4.78, 5) is 15.4. The van der Waals surface area contributed by atoms with Crippen LogP contribution in [0, 0.1) is 0 Å². The fourth-order valence-electron chi connectivity index (χ4n) is 3.21. The molecule has 29 heavy (non-hydrogen) atoms. The topological polar surface area (TPSA) is 46.9 Å². The van der Waals surface area contributed by atoms with E-state index in [0.717, 1.165) is 28.9 Å². The van der Waals surface area contributed by atoms with Gasteiger partial charge in [0.05, 0.1) is 16.6 Å². The number of aromatic nitrogens is 2. The van der Waals surface area contributed by atoms with Gasteiger partial charge in [0, 0.05) is 18.3 Å².